The van der Waals surface area contributed by atoms with Crippen LogP contribution in [0.25, 0.3) is 21.5 Å². The van der Waals surface area contributed by atoms with E-state index >= 15 is 0 Å². The molecule has 3 heteroatoms. The maximum absolute atomic E-state index is 12.5. The second kappa shape index (κ2) is 5.20. The predicted octanol–water partition coefficient (Wildman–Crippen LogP) is 4.39. The molecule has 2 amide bonds. The van der Waals surface area contributed by atoms with E-state index in [1.54, 1.807) is 0 Å². The minimum atomic E-state index is -0.159. The molecule has 4 rings (SSSR count). The van der Waals surface area contributed by atoms with Gasteiger partial charge in [0, 0.05) is 6.54 Å². The zero-order valence-corrected chi connectivity index (χ0v) is 13.0. The summed E-state index contributed by atoms with van der Waals surface area (Å²) in [5.41, 5.74) is 1.07. The largest absolute Gasteiger partial charge is 0.274 e. The smallest absolute Gasteiger partial charge is 0.261 e. The standard InChI is InChI=1S/C20H17NO2/c1-2-3-8-21-19(22)17-11-15-9-13-6-4-5-7-14(13)10-16(15)12-18(17)20(21)23/h4-7,9-12H,2-3,8H2,1H3. The van der Waals surface area contributed by atoms with Crippen molar-refractivity contribution in [2.24, 2.45) is 0 Å². The SMILES string of the molecule is CCCCN1C(=O)c2cc3cc4ccccc4cc3cc2C1=O. The fourth-order valence-corrected chi connectivity index (χ4v) is 3.25. The molecule has 0 aliphatic carbocycles. The summed E-state index contributed by atoms with van der Waals surface area (Å²) in [5, 5.41) is 4.28. The fraction of sp³-hybridized carbons (Fsp3) is 0.200. The lowest BCUT2D eigenvalue weighted by Crippen LogP contribution is -2.30. The van der Waals surface area contributed by atoms with Crippen molar-refractivity contribution in [3.05, 3.63) is 59.7 Å². The van der Waals surface area contributed by atoms with Gasteiger partial charge in [-0.25, -0.2) is 0 Å². The molecular weight excluding hydrogens is 286 g/mol. The highest BCUT2D eigenvalue weighted by Gasteiger charge is 2.35. The third-order valence-electron chi connectivity index (χ3n) is 4.53. The average Bonchev–Trinajstić information content (AvgIpc) is 2.80. The van der Waals surface area contributed by atoms with Crippen LogP contribution in [0.1, 0.15) is 40.5 Å². The number of unbranched alkanes of at least 4 members (excludes halogenated alkanes) is 1. The zero-order chi connectivity index (χ0) is 16.0. The molecule has 3 aromatic rings. The lowest BCUT2D eigenvalue weighted by Gasteiger charge is -2.12. The van der Waals surface area contributed by atoms with E-state index < -0.39 is 0 Å². The van der Waals surface area contributed by atoms with Crippen molar-refractivity contribution in [1.82, 2.24) is 4.90 Å². The molecule has 0 aromatic heterocycles. The number of amides is 2. The lowest BCUT2D eigenvalue weighted by atomic mass is 9.99. The molecule has 0 bridgehead atoms. The first-order valence-corrected chi connectivity index (χ1v) is 8.02. The number of imide groups is 1. The Balaban J connectivity index is 1.88. The average molecular weight is 303 g/mol. The highest BCUT2D eigenvalue weighted by molar-refractivity contribution is 6.23. The molecule has 1 aliphatic rings. The lowest BCUT2D eigenvalue weighted by molar-refractivity contribution is 0.0652. The maximum Gasteiger partial charge on any atom is 0.261 e. The van der Waals surface area contributed by atoms with Crippen LogP contribution in [0.2, 0.25) is 0 Å². The van der Waals surface area contributed by atoms with E-state index in [9.17, 15) is 9.59 Å². The molecule has 114 valence electrons. The van der Waals surface area contributed by atoms with Gasteiger partial charge in [-0.1, -0.05) is 37.6 Å². The Morgan fingerprint density at radius 2 is 1.30 bits per heavy atom. The van der Waals surface area contributed by atoms with Crippen LogP contribution in [-0.4, -0.2) is 23.3 Å². The minimum Gasteiger partial charge on any atom is -0.274 e. The van der Waals surface area contributed by atoms with Gasteiger partial charge in [0.15, 0.2) is 0 Å². The summed E-state index contributed by atoms with van der Waals surface area (Å²) in [5.74, 6) is -0.318. The quantitative estimate of drug-likeness (QED) is 0.531. The third kappa shape index (κ3) is 2.12. The topological polar surface area (TPSA) is 37.4 Å². The van der Waals surface area contributed by atoms with Crippen molar-refractivity contribution in [2.45, 2.75) is 19.8 Å². The second-order valence-corrected chi connectivity index (χ2v) is 6.06. The molecule has 0 N–H and O–H groups in total. The van der Waals surface area contributed by atoms with Crippen LogP contribution >= 0.6 is 0 Å². The van der Waals surface area contributed by atoms with Gasteiger partial charge in [-0.05, 0) is 52.2 Å². The van der Waals surface area contributed by atoms with Crippen molar-refractivity contribution in [3.8, 4) is 0 Å². The van der Waals surface area contributed by atoms with Gasteiger partial charge >= 0.3 is 0 Å². The molecule has 3 nitrogen and oxygen atoms in total. The van der Waals surface area contributed by atoms with Crippen molar-refractivity contribution in [2.75, 3.05) is 6.54 Å². The van der Waals surface area contributed by atoms with Gasteiger partial charge in [0.05, 0.1) is 11.1 Å². The molecule has 3 aromatic carbocycles. The molecule has 0 radical (unpaired) electrons. The number of hydrogen-bond acceptors (Lipinski definition) is 2. The summed E-state index contributed by atoms with van der Waals surface area (Å²) >= 11 is 0. The van der Waals surface area contributed by atoms with Gasteiger partial charge < -0.3 is 0 Å². The van der Waals surface area contributed by atoms with Crippen LogP contribution in [0.5, 0.6) is 0 Å². The van der Waals surface area contributed by atoms with E-state index in [0.29, 0.717) is 17.7 Å². The van der Waals surface area contributed by atoms with Gasteiger partial charge in [-0.15, -0.1) is 0 Å². The molecule has 1 heterocycles. The Labute approximate surface area is 134 Å². The molecule has 0 unspecified atom stereocenters. The number of carbonyl (C=O) groups is 2. The molecular formula is C20H17NO2. The summed E-state index contributed by atoms with van der Waals surface area (Å²) < 4.78 is 0. The monoisotopic (exact) mass is 303 g/mol. The number of rotatable bonds is 3. The number of benzene rings is 3. The van der Waals surface area contributed by atoms with E-state index in [0.717, 1.165) is 34.4 Å². The predicted molar refractivity (Wildman–Crippen MR) is 91.7 cm³/mol. The molecule has 23 heavy (non-hydrogen) atoms. The highest BCUT2D eigenvalue weighted by atomic mass is 16.2. The molecule has 0 atom stereocenters. The third-order valence-corrected chi connectivity index (χ3v) is 4.53. The summed E-state index contributed by atoms with van der Waals surface area (Å²) in [4.78, 5) is 26.4. The summed E-state index contributed by atoms with van der Waals surface area (Å²) in [6.45, 7) is 2.55. The van der Waals surface area contributed by atoms with Gasteiger partial charge in [0.1, 0.15) is 0 Å². The van der Waals surface area contributed by atoms with E-state index in [1.165, 1.54) is 4.90 Å². The Morgan fingerprint density at radius 1 is 0.783 bits per heavy atom. The van der Waals surface area contributed by atoms with E-state index in [4.69, 9.17) is 0 Å². The first-order chi connectivity index (χ1) is 11.2. The number of carbonyl (C=O) groups excluding carboxylic acids is 2. The first kappa shape index (κ1) is 13.9. The van der Waals surface area contributed by atoms with E-state index in [2.05, 4.69) is 31.2 Å². The maximum atomic E-state index is 12.5. The molecule has 0 fully saturated rings. The molecule has 0 spiro atoms. The fourth-order valence-electron chi connectivity index (χ4n) is 3.25. The van der Waals surface area contributed by atoms with Crippen LogP contribution in [0.15, 0.2) is 48.5 Å². The van der Waals surface area contributed by atoms with Crippen LogP contribution in [-0.2, 0) is 0 Å². The number of hydrogen-bond donors (Lipinski definition) is 0. The Bertz CT molecular complexity index is 884. The molecule has 0 saturated heterocycles. The number of fused-ring (bicyclic) bond motifs is 3. The molecule has 1 aliphatic heterocycles. The van der Waals surface area contributed by atoms with Crippen LogP contribution < -0.4 is 0 Å². The van der Waals surface area contributed by atoms with Crippen molar-refractivity contribution in [1.29, 1.82) is 0 Å². The summed E-state index contributed by atoms with van der Waals surface area (Å²) in [7, 11) is 0. The van der Waals surface area contributed by atoms with E-state index in [1.807, 2.05) is 24.3 Å². The van der Waals surface area contributed by atoms with Gasteiger partial charge in [-0.2, -0.15) is 0 Å². The highest BCUT2D eigenvalue weighted by Crippen LogP contribution is 2.30. The Morgan fingerprint density at radius 3 is 1.78 bits per heavy atom. The summed E-state index contributed by atoms with van der Waals surface area (Å²) in [6, 6.07) is 16.0. The van der Waals surface area contributed by atoms with Crippen LogP contribution in [0, 0.1) is 0 Å². The van der Waals surface area contributed by atoms with Gasteiger partial charge in [0.25, 0.3) is 11.8 Å². The summed E-state index contributed by atoms with van der Waals surface area (Å²) in [6.07, 6.45) is 1.80. The Kier molecular flexibility index (Phi) is 3.15. The van der Waals surface area contributed by atoms with Gasteiger partial charge in [0.2, 0.25) is 0 Å². The normalized spacial score (nSPS) is 14.0. The number of nitrogens with zero attached hydrogens (tertiary/aromatic N) is 1. The van der Waals surface area contributed by atoms with Crippen molar-refractivity contribution in [3.63, 3.8) is 0 Å². The second-order valence-electron chi connectivity index (χ2n) is 6.06. The van der Waals surface area contributed by atoms with Gasteiger partial charge in [-0.3, -0.25) is 14.5 Å². The Hall–Kier alpha value is -2.68. The van der Waals surface area contributed by atoms with Crippen molar-refractivity contribution < 1.29 is 9.59 Å². The van der Waals surface area contributed by atoms with Crippen LogP contribution in [0.4, 0.5) is 0 Å². The van der Waals surface area contributed by atoms with E-state index in [-0.39, 0.29) is 11.8 Å². The van der Waals surface area contributed by atoms with Crippen molar-refractivity contribution >= 4 is 33.4 Å². The molecule has 0 saturated carbocycles. The minimum absolute atomic E-state index is 0.159. The first-order valence-electron chi connectivity index (χ1n) is 8.02. The van der Waals surface area contributed by atoms with Crippen LogP contribution in [0.3, 0.4) is 0 Å². The zero-order valence-electron chi connectivity index (χ0n) is 13.0.